The number of carbonyl (C=O) groups is 3. The van der Waals surface area contributed by atoms with Gasteiger partial charge in [-0.1, -0.05) is 72.8 Å². The number of amides is 1. The second-order valence-electron chi connectivity index (χ2n) is 7.06. The molecule has 6 heteroatoms. The maximum Gasteiger partial charge on any atom is 0.308 e. The van der Waals surface area contributed by atoms with Gasteiger partial charge in [-0.15, -0.1) is 0 Å². The van der Waals surface area contributed by atoms with Gasteiger partial charge in [-0.2, -0.15) is 0 Å². The SMILES string of the molecule is O=C(CCN1C(=O)COc2ccccc21)O[C@H](C(=O)c1ccccc1)c1ccccc1. The first kappa shape index (κ1) is 20.3. The number of hydrogen-bond donors (Lipinski definition) is 0. The lowest BCUT2D eigenvalue weighted by molar-refractivity contribution is -0.147. The van der Waals surface area contributed by atoms with Crippen molar-refractivity contribution < 1.29 is 23.9 Å². The standard InChI is InChI=1S/C25H21NO5/c27-22-17-30-21-14-8-7-13-20(21)26(22)16-15-23(28)31-25(19-11-5-2-6-12-19)24(29)18-9-3-1-4-10-18/h1-14,25H,15-17H2/t25-/m0/s1. The Kier molecular flexibility index (Phi) is 6.08. The first-order chi connectivity index (χ1) is 15.1. The monoisotopic (exact) mass is 415 g/mol. The molecule has 0 bridgehead atoms. The van der Waals surface area contributed by atoms with E-state index in [1.54, 1.807) is 66.7 Å². The average Bonchev–Trinajstić information content (AvgIpc) is 2.82. The Balaban J connectivity index is 1.48. The molecule has 1 aliphatic rings. The van der Waals surface area contributed by atoms with Gasteiger partial charge in [0.25, 0.3) is 5.91 Å². The van der Waals surface area contributed by atoms with Gasteiger partial charge in [-0.3, -0.25) is 14.4 Å². The molecule has 0 N–H and O–H groups in total. The third kappa shape index (κ3) is 4.64. The molecule has 156 valence electrons. The normalized spacial score (nSPS) is 13.7. The maximum atomic E-state index is 13.0. The zero-order chi connectivity index (χ0) is 21.6. The molecule has 0 saturated heterocycles. The molecule has 0 saturated carbocycles. The molecular formula is C25H21NO5. The second kappa shape index (κ2) is 9.26. The summed E-state index contributed by atoms with van der Waals surface area (Å²) in [6.07, 6.45) is -1.10. The summed E-state index contributed by atoms with van der Waals surface area (Å²) in [4.78, 5) is 39.5. The number of hydrogen-bond acceptors (Lipinski definition) is 5. The number of para-hydroxylation sites is 2. The highest BCUT2D eigenvalue weighted by atomic mass is 16.5. The van der Waals surface area contributed by atoms with Crippen LogP contribution in [0.1, 0.15) is 28.4 Å². The fourth-order valence-corrected chi connectivity index (χ4v) is 3.45. The molecule has 3 aromatic carbocycles. The summed E-state index contributed by atoms with van der Waals surface area (Å²) in [6.45, 7) is 0.0598. The molecule has 1 atom stereocenters. The second-order valence-corrected chi connectivity index (χ2v) is 7.06. The lowest BCUT2D eigenvalue weighted by atomic mass is 10.00. The molecule has 0 fully saturated rings. The highest BCUT2D eigenvalue weighted by Gasteiger charge is 2.28. The minimum absolute atomic E-state index is 0.0501. The van der Waals surface area contributed by atoms with Crippen LogP contribution in [0, 0.1) is 0 Å². The summed E-state index contributed by atoms with van der Waals surface area (Å²) in [5, 5.41) is 0. The third-order valence-corrected chi connectivity index (χ3v) is 5.00. The molecule has 1 heterocycles. The van der Waals surface area contributed by atoms with E-state index in [4.69, 9.17) is 9.47 Å². The fraction of sp³-hybridized carbons (Fsp3) is 0.160. The van der Waals surface area contributed by atoms with Crippen molar-refractivity contribution in [2.75, 3.05) is 18.1 Å². The predicted molar refractivity (Wildman–Crippen MR) is 115 cm³/mol. The third-order valence-electron chi connectivity index (χ3n) is 5.00. The smallest absolute Gasteiger partial charge is 0.308 e. The molecule has 0 aromatic heterocycles. The van der Waals surface area contributed by atoms with E-state index in [1.807, 2.05) is 18.2 Å². The predicted octanol–water partition coefficient (Wildman–Crippen LogP) is 3.97. The van der Waals surface area contributed by atoms with Crippen molar-refractivity contribution in [1.82, 2.24) is 0 Å². The van der Waals surface area contributed by atoms with E-state index in [2.05, 4.69) is 0 Å². The number of ether oxygens (including phenoxy) is 2. The summed E-state index contributed by atoms with van der Waals surface area (Å²) < 4.78 is 11.0. The molecule has 1 amide bonds. The Labute approximate surface area is 180 Å². The summed E-state index contributed by atoms with van der Waals surface area (Å²) in [6, 6.07) is 24.8. The lowest BCUT2D eigenvalue weighted by Crippen LogP contribution is -2.40. The number of esters is 1. The first-order valence-corrected chi connectivity index (χ1v) is 9.99. The highest BCUT2D eigenvalue weighted by molar-refractivity contribution is 6.01. The van der Waals surface area contributed by atoms with Gasteiger partial charge in [0, 0.05) is 17.7 Å². The van der Waals surface area contributed by atoms with Crippen molar-refractivity contribution in [3.05, 3.63) is 96.1 Å². The number of anilines is 1. The van der Waals surface area contributed by atoms with E-state index in [1.165, 1.54) is 4.90 Å². The Hall–Kier alpha value is -3.93. The van der Waals surface area contributed by atoms with Gasteiger partial charge in [0.05, 0.1) is 12.1 Å². The average molecular weight is 415 g/mol. The van der Waals surface area contributed by atoms with Crippen molar-refractivity contribution >= 4 is 23.3 Å². The van der Waals surface area contributed by atoms with Gasteiger partial charge in [0.15, 0.2) is 12.7 Å². The van der Waals surface area contributed by atoms with E-state index < -0.39 is 12.1 Å². The van der Waals surface area contributed by atoms with Crippen molar-refractivity contribution in [1.29, 1.82) is 0 Å². The Morgan fingerprint density at radius 2 is 1.55 bits per heavy atom. The number of Topliss-reactive ketones (excluding diaryl/α,β-unsaturated/α-hetero) is 1. The van der Waals surface area contributed by atoms with Gasteiger partial charge < -0.3 is 14.4 Å². The van der Waals surface area contributed by atoms with Crippen molar-refractivity contribution in [2.24, 2.45) is 0 Å². The van der Waals surface area contributed by atoms with Crippen LogP contribution in [0.2, 0.25) is 0 Å². The summed E-state index contributed by atoms with van der Waals surface area (Å²) in [5.74, 6) is -0.494. The van der Waals surface area contributed by atoms with Crippen LogP contribution >= 0.6 is 0 Å². The van der Waals surface area contributed by atoms with E-state index >= 15 is 0 Å². The molecule has 0 radical (unpaired) electrons. The van der Waals surface area contributed by atoms with Crippen LogP contribution in [0.3, 0.4) is 0 Å². The Morgan fingerprint density at radius 1 is 0.903 bits per heavy atom. The van der Waals surface area contributed by atoms with Crippen LogP contribution in [0.5, 0.6) is 5.75 Å². The van der Waals surface area contributed by atoms with Crippen molar-refractivity contribution in [3.8, 4) is 5.75 Å². The van der Waals surface area contributed by atoms with E-state index in [0.29, 0.717) is 22.6 Å². The van der Waals surface area contributed by atoms with Crippen LogP contribution in [0.4, 0.5) is 5.69 Å². The quantitative estimate of drug-likeness (QED) is 0.431. The molecule has 3 aromatic rings. The summed E-state index contributed by atoms with van der Waals surface area (Å²) in [7, 11) is 0. The van der Waals surface area contributed by atoms with Crippen LogP contribution in [-0.4, -0.2) is 30.8 Å². The number of rotatable bonds is 7. The number of nitrogens with zero attached hydrogens (tertiary/aromatic N) is 1. The van der Waals surface area contributed by atoms with Gasteiger partial charge >= 0.3 is 5.97 Å². The zero-order valence-electron chi connectivity index (χ0n) is 16.8. The molecule has 0 spiro atoms. The Morgan fingerprint density at radius 3 is 2.29 bits per heavy atom. The van der Waals surface area contributed by atoms with E-state index in [0.717, 1.165) is 0 Å². The molecule has 6 nitrogen and oxygen atoms in total. The lowest BCUT2D eigenvalue weighted by Gasteiger charge is -2.29. The highest BCUT2D eigenvalue weighted by Crippen LogP contribution is 2.31. The van der Waals surface area contributed by atoms with E-state index in [9.17, 15) is 14.4 Å². The van der Waals surface area contributed by atoms with Gasteiger partial charge in [0.2, 0.25) is 5.78 Å². The van der Waals surface area contributed by atoms with Crippen molar-refractivity contribution in [3.63, 3.8) is 0 Å². The fourth-order valence-electron chi connectivity index (χ4n) is 3.45. The zero-order valence-corrected chi connectivity index (χ0v) is 16.8. The van der Waals surface area contributed by atoms with Gasteiger partial charge in [-0.05, 0) is 12.1 Å². The number of ketones is 1. The Bertz CT molecular complexity index is 1080. The number of carbonyl (C=O) groups excluding carboxylic acids is 3. The minimum atomic E-state index is -1.05. The molecular weight excluding hydrogens is 394 g/mol. The topological polar surface area (TPSA) is 72.9 Å². The van der Waals surface area contributed by atoms with Crippen LogP contribution in [0.25, 0.3) is 0 Å². The van der Waals surface area contributed by atoms with Gasteiger partial charge in [0.1, 0.15) is 5.75 Å². The first-order valence-electron chi connectivity index (χ1n) is 9.99. The number of benzene rings is 3. The van der Waals surface area contributed by atoms with Crippen LogP contribution in [0.15, 0.2) is 84.9 Å². The molecule has 4 rings (SSSR count). The molecule has 0 unspecified atom stereocenters. The van der Waals surface area contributed by atoms with Crippen LogP contribution < -0.4 is 9.64 Å². The molecule has 0 aliphatic carbocycles. The minimum Gasteiger partial charge on any atom is -0.482 e. The summed E-state index contributed by atoms with van der Waals surface area (Å²) in [5.41, 5.74) is 1.67. The maximum absolute atomic E-state index is 13.0. The van der Waals surface area contributed by atoms with Crippen LogP contribution in [-0.2, 0) is 14.3 Å². The number of fused-ring (bicyclic) bond motifs is 1. The van der Waals surface area contributed by atoms with Crippen molar-refractivity contribution in [2.45, 2.75) is 12.5 Å². The largest absolute Gasteiger partial charge is 0.482 e. The van der Waals surface area contributed by atoms with Gasteiger partial charge in [-0.25, -0.2) is 0 Å². The summed E-state index contributed by atoms with van der Waals surface area (Å²) >= 11 is 0. The molecule has 1 aliphatic heterocycles. The molecule has 31 heavy (non-hydrogen) atoms. The van der Waals surface area contributed by atoms with E-state index in [-0.39, 0.29) is 31.3 Å².